The van der Waals surface area contributed by atoms with E-state index in [2.05, 4.69) is 15.3 Å². The smallest absolute Gasteiger partial charge is 0.230 e. The predicted molar refractivity (Wildman–Crippen MR) is 139 cm³/mol. The Morgan fingerprint density at radius 3 is 2.42 bits per heavy atom. The van der Waals surface area contributed by atoms with Crippen molar-refractivity contribution in [1.29, 1.82) is 0 Å². The lowest BCUT2D eigenvalue weighted by atomic mass is 9.82. The van der Waals surface area contributed by atoms with Crippen molar-refractivity contribution in [1.82, 2.24) is 19.9 Å². The quantitative estimate of drug-likeness (QED) is 0.347. The number of ketones is 1. The van der Waals surface area contributed by atoms with Gasteiger partial charge in [-0.2, -0.15) is 0 Å². The molecule has 0 saturated carbocycles. The van der Waals surface area contributed by atoms with Crippen LogP contribution < -0.4 is 10.1 Å². The summed E-state index contributed by atoms with van der Waals surface area (Å²) in [5, 5.41) is 4.13. The van der Waals surface area contributed by atoms with Crippen LogP contribution in [-0.2, 0) is 6.42 Å². The predicted octanol–water partition coefficient (Wildman–Crippen LogP) is 5.75. The Morgan fingerprint density at radius 2 is 1.61 bits per heavy atom. The van der Waals surface area contributed by atoms with Gasteiger partial charge < -0.3 is 4.74 Å². The number of hydrogen-bond acceptors (Lipinski definition) is 7. The van der Waals surface area contributed by atoms with Crippen molar-refractivity contribution in [3.05, 3.63) is 102 Å². The minimum absolute atomic E-state index is 0.0527. The molecule has 1 unspecified atom stereocenters. The number of methoxy groups -OCH3 is 1. The zero-order valence-electron chi connectivity index (χ0n) is 19.7. The maximum Gasteiger partial charge on any atom is 0.230 e. The average Bonchev–Trinajstić information content (AvgIpc) is 2.93. The first kappa shape index (κ1) is 21.9. The number of Topliss-reactive ketones (excluding diaryl/α,β-unsaturated/α-hetero) is 1. The van der Waals surface area contributed by atoms with E-state index in [-0.39, 0.29) is 11.7 Å². The minimum Gasteiger partial charge on any atom is -0.497 e. The van der Waals surface area contributed by atoms with Crippen molar-refractivity contribution in [2.45, 2.75) is 18.8 Å². The first-order chi connectivity index (χ1) is 17.7. The molecule has 7 nitrogen and oxygen atoms in total. The number of ether oxygens (including phenoxy) is 1. The fourth-order valence-electron chi connectivity index (χ4n) is 4.67. The zero-order valence-corrected chi connectivity index (χ0v) is 19.7. The first-order valence-corrected chi connectivity index (χ1v) is 11.8. The number of carbonyl (C=O) groups is 1. The molecule has 6 rings (SSSR count). The average molecular weight is 474 g/mol. The maximum absolute atomic E-state index is 12.9. The van der Waals surface area contributed by atoms with Gasteiger partial charge >= 0.3 is 0 Å². The number of carbonyl (C=O) groups excluding carboxylic acids is 1. The molecular formula is C29H23N5O2. The number of rotatable bonds is 5. The van der Waals surface area contributed by atoms with E-state index in [1.165, 1.54) is 0 Å². The summed E-state index contributed by atoms with van der Waals surface area (Å²) in [4.78, 5) is 31.4. The molecular weight excluding hydrogens is 450 g/mol. The third-order valence-corrected chi connectivity index (χ3v) is 6.50. The lowest BCUT2D eigenvalue weighted by Gasteiger charge is -2.23. The number of nitrogens with zero attached hydrogens (tertiary/aromatic N) is 4. The normalized spacial score (nSPS) is 14.9. The van der Waals surface area contributed by atoms with Gasteiger partial charge in [0.15, 0.2) is 5.78 Å². The topological polar surface area (TPSA) is 89.9 Å². The number of hydrogen-bond donors (Lipinski definition) is 1. The molecule has 1 aliphatic carbocycles. The fourth-order valence-corrected chi connectivity index (χ4v) is 4.67. The molecule has 0 aliphatic heterocycles. The summed E-state index contributed by atoms with van der Waals surface area (Å²) >= 11 is 0. The van der Waals surface area contributed by atoms with Gasteiger partial charge in [-0.15, -0.1) is 0 Å². The Hall–Kier alpha value is -4.65. The maximum atomic E-state index is 12.9. The van der Waals surface area contributed by atoms with E-state index in [1.807, 2.05) is 78.9 Å². The molecule has 36 heavy (non-hydrogen) atoms. The Bertz CT molecular complexity index is 1570. The van der Waals surface area contributed by atoms with Crippen LogP contribution in [0.25, 0.3) is 22.2 Å². The summed E-state index contributed by atoms with van der Waals surface area (Å²) in [5.74, 6) is 1.67. The molecule has 7 heteroatoms. The fraction of sp³-hybridized carbons (Fsp3) is 0.138. The summed E-state index contributed by atoms with van der Waals surface area (Å²) in [6, 6.07) is 25.8. The third-order valence-electron chi connectivity index (χ3n) is 6.50. The van der Waals surface area contributed by atoms with Crippen molar-refractivity contribution in [2.24, 2.45) is 0 Å². The van der Waals surface area contributed by atoms with Gasteiger partial charge in [0.25, 0.3) is 0 Å². The Balaban J connectivity index is 1.33. The van der Waals surface area contributed by atoms with Gasteiger partial charge in [0, 0.05) is 23.6 Å². The van der Waals surface area contributed by atoms with Crippen molar-refractivity contribution in [2.75, 3.05) is 12.4 Å². The summed E-state index contributed by atoms with van der Waals surface area (Å²) in [5.41, 5.74) is 5.05. The lowest BCUT2D eigenvalue weighted by molar-refractivity contribution is 0.0962. The number of benzene rings is 3. The molecule has 0 bridgehead atoms. The van der Waals surface area contributed by atoms with E-state index in [9.17, 15) is 4.79 Å². The standard InChI is InChI=1S/C29H23N5O2/c1-36-21-13-11-18(12-14-21)20-15-25-23(26(35)16-20)17-30-28(32-25)34-29-31-24-10-6-5-9-22(24)27(33-29)19-7-3-2-4-8-19/h2-14,17,20H,15-16H2,1H3,(H,30,31,32,33,34). The summed E-state index contributed by atoms with van der Waals surface area (Å²) < 4.78 is 5.26. The van der Waals surface area contributed by atoms with Gasteiger partial charge in [0.05, 0.1) is 29.6 Å². The minimum atomic E-state index is 0.0527. The van der Waals surface area contributed by atoms with Gasteiger partial charge in [0.2, 0.25) is 11.9 Å². The monoisotopic (exact) mass is 473 g/mol. The molecule has 2 aromatic heterocycles. The highest BCUT2D eigenvalue weighted by Crippen LogP contribution is 2.33. The van der Waals surface area contributed by atoms with Crippen LogP contribution in [-0.4, -0.2) is 32.8 Å². The van der Waals surface area contributed by atoms with E-state index in [4.69, 9.17) is 14.7 Å². The lowest BCUT2D eigenvalue weighted by Crippen LogP contribution is -2.21. The van der Waals surface area contributed by atoms with Crippen LogP contribution in [0.2, 0.25) is 0 Å². The molecule has 5 aromatic rings. The Kier molecular flexibility index (Phi) is 5.58. The van der Waals surface area contributed by atoms with E-state index in [0.717, 1.165) is 39.2 Å². The molecule has 2 heterocycles. The second kappa shape index (κ2) is 9.19. The van der Waals surface area contributed by atoms with Crippen LogP contribution in [0.5, 0.6) is 5.75 Å². The summed E-state index contributed by atoms with van der Waals surface area (Å²) in [6.45, 7) is 0. The Labute approximate surface area is 208 Å². The number of fused-ring (bicyclic) bond motifs is 2. The van der Waals surface area contributed by atoms with Gasteiger partial charge in [0.1, 0.15) is 5.75 Å². The van der Waals surface area contributed by atoms with Crippen LogP contribution in [0.4, 0.5) is 11.9 Å². The SMILES string of the molecule is COc1ccc(C2CC(=O)c3cnc(Nc4nc(-c5ccccc5)c5ccccc5n4)nc3C2)cc1. The zero-order chi connectivity index (χ0) is 24.5. The Morgan fingerprint density at radius 1 is 0.833 bits per heavy atom. The van der Waals surface area contributed by atoms with E-state index in [1.54, 1.807) is 13.3 Å². The van der Waals surface area contributed by atoms with Gasteiger partial charge in [-0.25, -0.2) is 19.9 Å². The molecule has 1 N–H and O–H groups in total. The molecule has 176 valence electrons. The summed E-state index contributed by atoms with van der Waals surface area (Å²) in [7, 11) is 1.64. The molecule has 0 spiro atoms. The van der Waals surface area contributed by atoms with Crippen molar-refractivity contribution in [3.63, 3.8) is 0 Å². The number of aromatic nitrogens is 4. The van der Waals surface area contributed by atoms with E-state index >= 15 is 0 Å². The highest BCUT2D eigenvalue weighted by molar-refractivity contribution is 5.98. The van der Waals surface area contributed by atoms with Gasteiger partial charge in [-0.1, -0.05) is 60.7 Å². The second-order valence-corrected chi connectivity index (χ2v) is 8.76. The van der Waals surface area contributed by atoms with Crippen LogP contribution in [0.3, 0.4) is 0 Å². The van der Waals surface area contributed by atoms with Gasteiger partial charge in [-0.3, -0.25) is 10.1 Å². The van der Waals surface area contributed by atoms with E-state index in [0.29, 0.717) is 30.3 Å². The molecule has 3 aromatic carbocycles. The van der Waals surface area contributed by atoms with Crippen LogP contribution in [0.15, 0.2) is 85.1 Å². The molecule has 1 atom stereocenters. The third kappa shape index (κ3) is 4.15. The van der Waals surface area contributed by atoms with Crippen molar-refractivity contribution >= 4 is 28.6 Å². The number of nitrogens with one attached hydrogen (secondary N) is 1. The van der Waals surface area contributed by atoms with Gasteiger partial charge in [-0.05, 0) is 36.1 Å². The molecule has 1 aliphatic rings. The number of para-hydroxylation sites is 1. The van der Waals surface area contributed by atoms with E-state index < -0.39 is 0 Å². The second-order valence-electron chi connectivity index (χ2n) is 8.76. The van der Waals surface area contributed by atoms with Crippen LogP contribution in [0.1, 0.15) is 34.0 Å². The van der Waals surface area contributed by atoms with Crippen molar-refractivity contribution in [3.8, 4) is 17.0 Å². The highest BCUT2D eigenvalue weighted by atomic mass is 16.5. The largest absolute Gasteiger partial charge is 0.497 e. The molecule has 0 saturated heterocycles. The highest BCUT2D eigenvalue weighted by Gasteiger charge is 2.28. The first-order valence-electron chi connectivity index (χ1n) is 11.8. The van der Waals surface area contributed by atoms with Crippen LogP contribution >= 0.6 is 0 Å². The molecule has 0 radical (unpaired) electrons. The molecule has 0 fully saturated rings. The van der Waals surface area contributed by atoms with Crippen LogP contribution in [0, 0.1) is 0 Å². The molecule has 0 amide bonds. The summed E-state index contributed by atoms with van der Waals surface area (Å²) in [6.07, 6.45) is 2.69. The number of anilines is 2. The van der Waals surface area contributed by atoms with Crippen molar-refractivity contribution < 1.29 is 9.53 Å².